The van der Waals surface area contributed by atoms with E-state index in [-0.39, 0.29) is 21.6 Å². The van der Waals surface area contributed by atoms with Crippen molar-refractivity contribution in [2.45, 2.75) is 48.4 Å². The number of morpholine rings is 1. The molecule has 33 heavy (non-hydrogen) atoms. The van der Waals surface area contributed by atoms with E-state index in [0.29, 0.717) is 44.2 Å². The zero-order chi connectivity index (χ0) is 23.2. The van der Waals surface area contributed by atoms with E-state index in [4.69, 9.17) is 4.74 Å². The molecule has 0 spiro atoms. The molecule has 4 fully saturated rings. The molecule has 4 heterocycles. The van der Waals surface area contributed by atoms with Crippen molar-refractivity contribution >= 4 is 45.0 Å². The number of hydrogen-bond acceptors (Lipinski definition) is 7. The molecular formula is C22H30N4O5S2. The topological polar surface area (TPSA) is 99.3 Å². The van der Waals surface area contributed by atoms with Crippen molar-refractivity contribution < 1.29 is 22.7 Å². The highest BCUT2D eigenvalue weighted by Crippen LogP contribution is 2.47. The van der Waals surface area contributed by atoms with Crippen LogP contribution in [0.2, 0.25) is 0 Å². The van der Waals surface area contributed by atoms with E-state index in [1.807, 2.05) is 6.92 Å². The molecule has 0 radical (unpaired) electrons. The standard InChI is InChI=1S/C22H30N4O5S2/c1-22-7-6-20(27)26(22)19(15-32-22)21(28)23-17-14-16(4-5-18(17)24-8-2-3-9-24)33(29,30)25-10-12-31-13-11-25/h4-5,14,19H,2-3,6-13,15H2,1H3,(H,23,28)/t19-,22-/m1/s1. The van der Waals surface area contributed by atoms with Gasteiger partial charge in [-0.05, 0) is 44.4 Å². The van der Waals surface area contributed by atoms with E-state index < -0.39 is 16.1 Å². The Morgan fingerprint density at radius 1 is 1.18 bits per heavy atom. The first-order chi connectivity index (χ1) is 15.8. The molecule has 5 rings (SSSR count). The van der Waals surface area contributed by atoms with Gasteiger partial charge in [0.15, 0.2) is 0 Å². The molecule has 4 aliphatic rings. The maximum absolute atomic E-state index is 13.4. The van der Waals surface area contributed by atoms with Gasteiger partial charge in [-0.15, -0.1) is 11.8 Å². The number of benzene rings is 1. The average molecular weight is 495 g/mol. The van der Waals surface area contributed by atoms with Gasteiger partial charge >= 0.3 is 0 Å². The smallest absolute Gasteiger partial charge is 0.248 e. The summed E-state index contributed by atoms with van der Waals surface area (Å²) in [6.07, 6.45) is 3.31. The van der Waals surface area contributed by atoms with Crippen LogP contribution in [0.3, 0.4) is 0 Å². The second-order valence-electron chi connectivity index (χ2n) is 9.14. The van der Waals surface area contributed by atoms with Gasteiger partial charge < -0.3 is 19.9 Å². The summed E-state index contributed by atoms with van der Waals surface area (Å²) in [5.74, 6) is 0.285. The van der Waals surface area contributed by atoms with Gasteiger partial charge in [0, 0.05) is 38.4 Å². The third-order valence-electron chi connectivity index (χ3n) is 7.03. The van der Waals surface area contributed by atoms with Gasteiger partial charge in [0.05, 0.1) is 34.4 Å². The number of ether oxygens (including phenoxy) is 1. The van der Waals surface area contributed by atoms with Crippen molar-refractivity contribution in [2.24, 2.45) is 0 Å². The molecule has 0 unspecified atom stereocenters. The van der Waals surface area contributed by atoms with Gasteiger partial charge in [0.1, 0.15) is 6.04 Å². The minimum Gasteiger partial charge on any atom is -0.379 e. The molecule has 9 nitrogen and oxygen atoms in total. The average Bonchev–Trinajstić information content (AvgIpc) is 3.52. The highest BCUT2D eigenvalue weighted by molar-refractivity contribution is 8.01. The second kappa shape index (κ2) is 8.75. The van der Waals surface area contributed by atoms with Gasteiger partial charge in [-0.25, -0.2) is 8.42 Å². The van der Waals surface area contributed by atoms with Crippen molar-refractivity contribution in [3.05, 3.63) is 18.2 Å². The first-order valence-corrected chi connectivity index (χ1v) is 14.0. The fourth-order valence-electron chi connectivity index (χ4n) is 5.18. The molecule has 4 aliphatic heterocycles. The van der Waals surface area contributed by atoms with Crippen molar-refractivity contribution in [2.75, 3.05) is 55.4 Å². The molecule has 180 valence electrons. The number of fused-ring (bicyclic) bond motifs is 1. The Balaban J connectivity index is 1.45. The molecule has 0 aliphatic carbocycles. The third-order valence-corrected chi connectivity index (χ3v) is 10.4. The predicted octanol–water partition coefficient (Wildman–Crippen LogP) is 1.70. The quantitative estimate of drug-likeness (QED) is 0.665. The van der Waals surface area contributed by atoms with E-state index in [9.17, 15) is 18.0 Å². The summed E-state index contributed by atoms with van der Waals surface area (Å²) >= 11 is 1.64. The van der Waals surface area contributed by atoms with Gasteiger partial charge in [-0.2, -0.15) is 4.31 Å². The summed E-state index contributed by atoms with van der Waals surface area (Å²) in [5.41, 5.74) is 1.31. The Morgan fingerprint density at radius 2 is 1.91 bits per heavy atom. The SMILES string of the molecule is C[C@@]12CCC(=O)N1[C@@H](C(=O)Nc1cc(S(=O)(=O)N3CCOCC3)ccc1N1CCCC1)CS2. The maximum atomic E-state index is 13.4. The van der Waals surface area contributed by atoms with Crippen molar-refractivity contribution in [3.63, 3.8) is 0 Å². The van der Waals surface area contributed by atoms with Crippen LogP contribution in [0.25, 0.3) is 0 Å². The van der Waals surface area contributed by atoms with Crippen LogP contribution in [-0.4, -0.2) is 85.5 Å². The van der Waals surface area contributed by atoms with Gasteiger partial charge in [-0.1, -0.05) is 0 Å². The highest BCUT2D eigenvalue weighted by Gasteiger charge is 2.53. The molecule has 2 amide bonds. The Bertz CT molecular complexity index is 1050. The first kappa shape index (κ1) is 22.9. The zero-order valence-electron chi connectivity index (χ0n) is 18.8. The normalized spacial score (nSPS) is 28.4. The number of nitrogens with zero attached hydrogens (tertiary/aromatic N) is 3. The third kappa shape index (κ3) is 4.13. The lowest BCUT2D eigenvalue weighted by Crippen LogP contribution is -2.48. The summed E-state index contributed by atoms with van der Waals surface area (Å²) in [4.78, 5) is 29.6. The monoisotopic (exact) mass is 494 g/mol. The van der Waals surface area contributed by atoms with E-state index in [2.05, 4.69) is 10.2 Å². The molecule has 0 aromatic heterocycles. The summed E-state index contributed by atoms with van der Waals surface area (Å²) in [6.45, 7) is 5.11. The van der Waals surface area contributed by atoms with Crippen LogP contribution < -0.4 is 10.2 Å². The van der Waals surface area contributed by atoms with Crippen LogP contribution >= 0.6 is 11.8 Å². The molecule has 1 N–H and O–H groups in total. The van der Waals surface area contributed by atoms with E-state index in [1.165, 1.54) is 4.31 Å². The number of carbonyl (C=O) groups is 2. The lowest BCUT2D eigenvalue weighted by atomic mass is 10.2. The predicted molar refractivity (Wildman–Crippen MR) is 127 cm³/mol. The number of nitrogens with one attached hydrogen (secondary N) is 1. The summed E-state index contributed by atoms with van der Waals surface area (Å²) in [5, 5.41) is 3.00. The summed E-state index contributed by atoms with van der Waals surface area (Å²) in [6, 6.07) is 4.44. The van der Waals surface area contributed by atoms with Crippen LogP contribution in [-0.2, 0) is 24.3 Å². The minimum atomic E-state index is -3.70. The number of thioether (sulfide) groups is 1. The van der Waals surface area contributed by atoms with Crippen LogP contribution in [0.4, 0.5) is 11.4 Å². The number of carbonyl (C=O) groups excluding carboxylic acids is 2. The van der Waals surface area contributed by atoms with E-state index in [1.54, 1.807) is 34.9 Å². The van der Waals surface area contributed by atoms with E-state index in [0.717, 1.165) is 38.0 Å². The first-order valence-electron chi connectivity index (χ1n) is 11.5. The van der Waals surface area contributed by atoms with Gasteiger partial charge in [0.25, 0.3) is 0 Å². The molecule has 0 saturated carbocycles. The molecule has 4 saturated heterocycles. The Labute approximate surface area is 198 Å². The van der Waals surface area contributed by atoms with Crippen LogP contribution in [0.15, 0.2) is 23.1 Å². The number of anilines is 2. The number of amides is 2. The van der Waals surface area contributed by atoms with Crippen LogP contribution in [0.1, 0.15) is 32.6 Å². The van der Waals surface area contributed by atoms with Gasteiger partial charge in [0.2, 0.25) is 21.8 Å². The summed E-state index contributed by atoms with van der Waals surface area (Å²) in [7, 11) is -3.70. The minimum absolute atomic E-state index is 0.00561. The molecule has 0 bridgehead atoms. The van der Waals surface area contributed by atoms with Crippen molar-refractivity contribution in [1.29, 1.82) is 0 Å². The second-order valence-corrected chi connectivity index (χ2v) is 12.6. The van der Waals surface area contributed by atoms with Crippen LogP contribution in [0, 0.1) is 0 Å². The summed E-state index contributed by atoms with van der Waals surface area (Å²) < 4.78 is 33.2. The number of hydrogen-bond donors (Lipinski definition) is 1. The largest absolute Gasteiger partial charge is 0.379 e. The Kier molecular flexibility index (Phi) is 6.09. The van der Waals surface area contributed by atoms with Crippen LogP contribution in [0.5, 0.6) is 0 Å². The van der Waals surface area contributed by atoms with Crippen molar-refractivity contribution in [3.8, 4) is 0 Å². The maximum Gasteiger partial charge on any atom is 0.248 e. The number of rotatable bonds is 5. The lowest BCUT2D eigenvalue weighted by molar-refractivity contribution is -0.135. The molecule has 11 heteroatoms. The fraction of sp³-hybridized carbons (Fsp3) is 0.636. The molecule has 1 aromatic rings. The highest BCUT2D eigenvalue weighted by atomic mass is 32.2. The molecule has 2 atom stereocenters. The lowest BCUT2D eigenvalue weighted by Gasteiger charge is -2.30. The zero-order valence-corrected chi connectivity index (χ0v) is 20.4. The Hall–Kier alpha value is -1.82. The molecule has 1 aromatic carbocycles. The molecular weight excluding hydrogens is 464 g/mol. The van der Waals surface area contributed by atoms with Crippen molar-refractivity contribution in [1.82, 2.24) is 9.21 Å². The Morgan fingerprint density at radius 3 is 2.64 bits per heavy atom. The fourth-order valence-corrected chi connectivity index (χ4v) is 8.04. The number of sulfonamides is 1. The van der Waals surface area contributed by atoms with E-state index >= 15 is 0 Å². The van der Waals surface area contributed by atoms with Gasteiger partial charge in [-0.3, -0.25) is 9.59 Å².